The van der Waals surface area contributed by atoms with Crippen LogP contribution in [-0.2, 0) is 10.9 Å². The van der Waals surface area contributed by atoms with Crippen LogP contribution in [0.4, 0.5) is 18.9 Å². The van der Waals surface area contributed by atoms with Gasteiger partial charge in [0.1, 0.15) is 0 Å². The number of aliphatic hydroxyl groups excluding tert-OH is 1. The second kappa shape index (κ2) is 9.26. The molecule has 0 amide bonds. The first-order valence-electron chi connectivity index (χ1n) is 9.86. The molecule has 1 aliphatic heterocycles. The zero-order valence-electron chi connectivity index (χ0n) is 15.6. The number of rotatable bonds is 6. The Morgan fingerprint density at radius 1 is 1.07 bits per heavy atom. The summed E-state index contributed by atoms with van der Waals surface area (Å²) < 4.78 is 44.5. The zero-order chi connectivity index (χ0) is 19.3. The van der Waals surface area contributed by atoms with Gasteiger partial charge in [0.05, 0.1) is 24.4 Å². The smallest absolute Gasteiger partial charge is 0.389 e. The van der Waals surface area contributed by atoms with Crippen molar-refractivity contribution in [2.75, 3.05) is 44.2 Å². The van der Waals surface area contributed by atoms with E-state index < -0.39 is 17.8 Å². The van der Waals surface area contributed by atoms with Crippen LogP contribution in [0.1, 0.15) is 37.7 Å². The minimum atomic E-state index is -4.32. The molecule has 0 radical (unpaired) electrons. The summed E-state index contributed by atoms with van der Waals surface area (Å²) in [6, 6.07) is 5.49. The lowest BCUT2D eigenvalue weighted by Crippen LogP contribution is -2.49. The van der Waals surface area contributed by atoms with Crippen LogP contribution in [0, 0.1) is 0 Å². The Labute approximate surface area is 158 Å². The molecule has 2 aliphatic rings. The fourth-order valence-electron chi connectivity index (χ4n) is 3.90. The molecule has 1 saturated carbocycles. The van der Waals surface area contributed by atoms with Gasteiger partial charge in [0.15, 0.2) is 0 Å². The van der Waals surface area contributed by atoms with E-state index in [1.165, 1.54) is 31.4 Å². The number of piperazine rings is 1. The van der Waals surface area contributed by atoms with Gasteiger partial charge in [0, 0.05) is 38.4 Å². The second-order valence-electron chi connectivity index (χ2n) is 7.58. The summed E-state index contributed by atoms with van der Waals surface area (Å²) in [4.78, 5) is 4.12. The van der Waals surface area contributed by atoms with Crippen LogP contribution in [0.2, 0.25) is 0 Å². The molecule has 1 aliphatic carbocycles. The molecule has 152 valence electrons. The van der Waals surface area contributed by atoms with Crippen LogP contribution in [0.15, 0.2) is 24.3 Å². The fourth-order valence-corrected chi connectivity index (χ4v) is 3.90. The van der Waals surface area contributed by atoms with Gasteiger partial charge in [-0.2, -0.15) is 13.2 Å². The normalized spacial score (nSPS) is 21.4. The fraction of sp³-hybridized carbons (Fsp3) is 0.700. The average Bonchev–Trinajstić information content (AvgIpc) is 2.67. The number of anilines is 1. The van der Waals surface area contributed by atoms with Gasteiger partial charge in [-0.1, -0.05) is 25.3 Å². The van der Waals surface area contributed by atoms with E-state index in [1.807, 2.05) is 4.90 Å². The van der Waals surface area contributed by atoms with E-state index in [2.05, 4.69) is 4.90 Å². The van der Waals surface area contributed by atoms with Crippen molar-refractivity contribution < 1.29 is 23.0 Å². The minimum Gasteiger partial charge on any atom is -0.389 e. The van der Waals surface area contributed by atoms with Crippen molar-refractivity contribution in [1.29, 1.82) is 0 Å². The summed E-state index contributed by atoms with van der Waals surface area (Å²) in [5, 5.41) is 10.2. The van der Waals surface area contributed by atoms with Crippen LogP contribution >= 0.6 is 0 Å². The predicted molar refractivity (Wildman–Crippen MR) is 98.9 cm³/mol. The molecule has 1 unspecified atom stereocenters. The van der Waals surface area contributed by atoms with Gasteiger partial charge in [0.25, 0.3) is 0 Å². The molecule has 1 atom stereocenters. The third kappa shape index (κ3) is 6.09. The minimum absolute atomic E-state index is 0.283. The summed E-state index contributed by atoms with van der Waals surface area (Å²) in [6.07, 6.45) is 1.30. The molecule has 2 fully saturated rings. The highest BCUT2D eigenvalue weighted by atomic mass is 19.4. The van der Waals surface area contributed by atoms with Gasteiger partial charge >= 0.3 is 6.18 Å². The van der Waals surface area contributed by atoms with Crippen molar-refractivity contribution in [2.24, 2.45) is 0 Å². The van der Waals surface area contributed by atoms with Crippen LogP contribution in [0.5, 0.6) is 0 Å². The lowest BCUT2D eigenvalue weighted by atomic mass is 9.98. The molecule has 4 nitrogen and oxygen atoms in total. The summed E-state index contributed by atoms with van der Waals surface area (Å²) in [6.45, 7) is 3.64. The third-order valence-electron chi connectivity index (χ3n) is 5.46. The Bertz CT molecular complexity index is 583. The molecule has 3 rings (SSSR count). The molecule has 0 aromatic heterocycles. The van der Waals surface area contributed by atoms with Crippen molar-refractivity contribution in [1.82, 2.24) is 4.90 Å². The quantitative estimate of drug-likeness (QED) is 0.811. The van der Waals surface area contributed by atoms with E-state index in [-0.39, 0.29) is 6.10 Å². The van der Waals surface area contributed by atoms with Crippen molar-refractivity contribution in [3.05, 3.63) is 29.8 Å². The summed E-state index contributed by atoms with van der Waals surface area (Å²) in [5.41, 5.74) is -0.0108. The van der Waals surface area contributed by atoms with Gasteiger partial charge in [0.2, 0.25) is 0 Å². The zero-order valence-corrected chi connectivity index (χ0v) is 15.6. The SMILES string of the molecule is OC(COC1CCCCC1)CN1CCN(c2cccc(C(F)(F)F)c2)CC1. The second-order valence-corrected chi connectivity index (χ2v) is 7.58. The van der Waals surface area contributed by atoms with E-state index in [0.29, 0.717) is 31.9 Å². The number of ether oxygens (including phenoxy) is 1. The van der Waals surface area contributed by atoms with Crippen molar-refractivity contribution >= 4 is 5.69 Å². The number of aliphatic hydroxyl groups is 1. The first-order valence-corrected chi connectivity index (χ1v) is 9.86. The molecule has 0 spiro atoms. The van der Waals surface area contributed by atoms with Crippen LogP contribution in [-0.4, -0.2) is 61.5 Å². The van der Waals surface area contributed by atoms with Gasteiger partial charge in [-0.3, -0.25) is 4.90 Å². The number of nitrogens with zero attached hydrogens (tertiary/aromatic N) is 2. The van der Waals surface area contributed by atoms with Gasteiger partial charge in [-0.15, -0.1) is 0 Å². The first-order chi connectivity index (χ1) is 12.9. The van der Waals surface area contributed by atoms with Gasteiger partial charge in [-0.25, -0.2) is 0 Å². The van der Waals surface area contributed by atoms with Gasteiger partial charge < -0.3 is 14.7 Å². The molecular weight excluding hydrogens is 357 g/mol. The molecule has 0 bridgehead atoms. The number of benzene rings is 1. The first kappa shape index (κ1) is 20.4. The molecule has 7 heteroatoms. The highest BCUT2D eigenvalue weighted by Crippen LogP contribution is 2.31. The molecule has 1 aromatic rings. The lowest BCUT2D eigenvalue weighted by Gasteiger charge is -2.37. The Morgan fingerprint density at radius 3 is 2.44 bits per heavy atom. The topological polar surface area (TPSA) is 35.9 Å². The standard InChI is InChI=1S/C20H29F3N2O2/c21-20(22,23)16-5-4-6-17(13-16)25-11-9-24(10-12-25)14-18(26)15-27-19-7-2-1-3-8-19/h4-6,13,18-19,26H,1-3,7-12,14-15H2. The average molecular weight is 386 g/mol. The highest BCUT2D eigenvalue weighted by molar-refractivity contribution is 5.49. The van der Waals surface area contributed by atoms with Crippen LogP contribution < -0.4 is 4.90 Å². The van der Waals surface area contributed by atoms with Crippen LogP contribution in [0.3, 0.4) is 0 Å². The Kier molecular flexibility index (Phi) is 7.00. The number of alkyl halides is 3. The van der Waals surface area contributed by atoms with E-state index in [0.717, 1.165) is 32.0 Å². The van der Waals surface area contributed by atoms with E-state index in [1.54, 1.807) is 6.07 Å². The Hall–Kier alpha value is -1.31. The van der Waals surface area contributed by atoms with Crippen molar-refractivity contribution in [3.8, 4) is 0 Å². The van der Waals surface area contributed by atoms with Gasteiger partial charge in [-0.05, 0) is 31.0 Å². The largest absolute Gasteiger partial charge is 0.416 e. The number of halogens is 3. The lowest BCUT2D eigenvalue weighted by molar-refractivity contribution is -0.137. The van der Waals surface area contributed by atoms with E-state index in [4.69, 9.17) is 4.74 Å². The maximum absolute atomic E-state index is 12.9. The maximum atomic E-state index is 12.9. The summed E-state index contributed by atoms with van der Waals surface area (Å²) in [7, 11) is 0. The number of hydrogen-bond acceptors (Lipinski definition) is 4. The van der Waals surface area contributed by atoms with E-state index >= 15 is 0 Å². The highest BCUT2D eigenvalue weighted by Gasteiger charge is 2.31. The molecule has 1 N–H and O–H groups in total. The molecule has 1 saturated heterocycles. The van der Waals surface area contributed by atoms with Crippen molar-refractivity contribution in [3.63, 3.8) is 0 Å². The number of hydrogen-bond donors (Lipinski definition) is 1. The number of β-amino-alcohol motifs (C(OH)–C–C–N with tert-alkyl or cyclic N) is 1. The monoisotopic (exact) mass is 386 g/mol. The molecule has 27 heavy (non-hydrogen) atoms. The maximum Gasteiger partial charge on any atom is 0.416 e. The van der Waals surface area contributed by atoms with E-state index in [9.17, 15) is 18.3 Å². The Balaban J connectivity index is 1.42. The summed E-state index contributed by atoms with van der Waals surface area (Å²) >= 11 is 0. The summed E-state index contributed by atoms with van der Waals surface area (Å²) in [5.74, 6) is 0. The Morgan fingerprint density at radius 2 is 1.78 bits per heavy atom. The van der Waals surface area contributed by atoms with Crippen LogP contribution in [0.25, 0.3) is 0 Å². The third-order valence-corrected chi connectivity index (χ3v) is 5.46. The molecule has 1 heterocycles. The molecular formula is C20H29F3N2O2. The molecule has 1 aromatic carbocycles. The predicted octanol–water partition coefficient (Wildman–Crippen LogP) is 3.54. The van der Waals surface area contributed by atoms with Crippen molar-refractivity contribution in [2.45, 2.75) is 50.5 Å².